The molecule has 0 atom stereocenters. The second kappa shape index (κ2) is 6.49. The first-order chi connectivity index (χ1) is 10.5. The van der Waals surface area contributed by atoms with E-state index in [1.54, 1.807) is 31.2 Å². The summed E-state index contributed by atoms with van der Waals surface area (Å²) in [5.41, 5.74) is 2.02. The van der Waals surface area contributed by atoms with E-state index in [1.807, 2.05) is 0 Å². The second-order valence-electron chi connectivity index (χ2n) is 4.52. The zero-order valence-corrected chi connectivity index (χ0v) is 11.7. The monoisotopic (exact) mass is 299 g/mol. The number of anilines is 1. The molecule has 0 aliphatic heterocycles. The number of nitro benzene ring substituents is 1. The van der Waals surface area contributed by atoms with Gasteiger partial charge in [-0.05, 0) is 36.8 Å². The first-order valence-corrected chi connectivity index (χ1v) is 6.36. The SMILES string of the molecule is C/C(=N\O)c1ccc(NC(=O)c2ccc([N+](=O)[O-])cc2)cc1. The minimum absolute atomic E-state index is 0.0698. The summed E-state index contributed by atoms with van der Waals surface area (Å²) >= 11 is 0. The predicted octanol–water partition coefficient (Wildman–Crippen LogP) is 3.05. The van der Waals surface area contributed by atoms with Gasteiger partial charge in [0.2, 0.25) is 0 Å². The van der Waals surface area contributed by atoms with Gasteiger partial charge in [-0.2, -0.15) is 0 Å². The van der Waals surface area contributed by atoms with E-state index in [2.05, 4.69) is 10.5 Å². The topological polar surface area (TPSA) is 105 Å². The Kier molecular flexibility index (Phi) is 4.47. The molecule has 0 aliphatic rings. The molecule has 112 valence electrons. The van der Waals surface area contributed by atoms with Gasteiger partial charge in [-0.25, -0.2) is 0 Å². The van der Waals surface area contributed by atoms with Crippen molar-refractivity contribution in [1.29, 1.82) is 0 Å². The number of carbonyl (C=O) groups excluding carboxylic acids is 1. The molecule has 0 saturated carbocycles. The molecule has 0 radical (unpaired) electrons. The van der Waals surface area contributed by atoms with Gasteiger partial charge in [0.15, 0.2) is 0 Å². The molecule has 2 aromatic carbocycles. The van der Waals surface area contributed by atoms with E-state index in [-0.39, 0.29) is 11.6 Å². The molecule has 0 heterocycles. The average Bonchev–Trinajstić information content (AvgIpc) is 2.54. The smallest absolute Gasteiger partial charge is 0.269 e. The lowest BCUT2D eigenvalue weighted by Crippen LogP contribution is -2.11. The van der Waals surface area contributed by atoms with Crippen molar-refractivity contribution in [3.05, 3.63) is 69.8 Å². The molecular formula is C15H13N3O4. The van der Waals surface area contributed by atoms with E-state index >= 15 is 0 Å². The molecule has 22 heavy (non-hydrogen) atoms. The largest absolute Gasteiger partial charge is 0.411 e. The number of non-ortho nitro benzene ring substituents is 1. The Morgan fingerprint density at radius 3 is 2.14 bits per heavy atom. The van der Waals surface area contributed by atoms with Gasteiger partial charge in [-0.1, -0.05) is 17.3 Å². The maximum absolute atomic E-state index is 12.0. The van der Waals surface area contributed by atoms with Crippen LogP contribution in [0, 0.1) is 10.1 Å². The highest BCUT2D eigenvalue weighted by atomic mass is 16.6. The number of nitrogens with one attached hydrogen (secondary N) is 1. The third-order valence-electron chi connectivity index (χ3n) is 3.05. The molecule has 7 heteroatoms. The van der Waals surface area contributed by atoms with E-state index in [0.717, 1.165) is 5.56 Å². The zero-order chi connectivity index (χ0) is 16.1. The molecule has 2 aromatic rings. The Morgan fingerprint density at radius 1 is 1.09 bits per heavy atom. The molecule has 0 aliphatic carbocycles. The fraction of sp³-hybridized carbons (Fsp3) is 0.0667. The Balaban J connectivity index is 2.10. The molecule has 7 nitrogen and oxygen atoms in total. The van der Waals surface area contributed by atoms with Crippen molar-refractivity contribution in [2.75, 3.05) is 5.32 Å². The highest BCUT2D eigenvalue weighted by molar-refractivity contribution is 6.05. The highest BCUT2D eigenvalue weighted by Gasteiger charge is 2.09. The van der Waals surface area contributed by atoms with Gasteiger partial charge in [0.25, 0.3) is 11.6 Å². The summed E-state index contributed by atoms with van der Waals surface area (Å²) in [6.45, 7) is 1.66. The Bertz CT molecular complexity index is 721. The van der Waals surface area contributed by atoms with Crippen LogP contribution in [0.4, 0.5) is 11.4 Å². The maximum Gasteiger partial charge on any atom is 0.269 e. The normalized spacial score (nSPS) is 11.0. The molecular weight excluding hydrogens is 286 g/mol. The highest BCUT2D eigenvalue weighted by Crippen LogP contribution is 2.15. The van der Waals surface area contributed by atoms with Crippen LogP contribution in [-0.2, 0) is 0 Å². The number of carbonyl (C=O) groups is 1. The number of oxime groups is 1. The van der Waals surface area contributed by atoms with Crippen LogP contribution in [0.1, 0.15) is 22.8 Å². The fourth-order valence-electron chi connectivity index (χ4n) is 1.79. The van der Waals surface area contributed by atoms with Gasteiger partial charge in [-0.3, -0.25) is 14.9 Å². The fourth-order valence-corrected chi connectivity index (χ4v) is 1.79. The quantitative estimate of drug-likeness (QED) is 0.392. The summed E-state index contributed by atoms with van der Waals surface area (Å²) in [5.74, 6) is -0.366. The number of amides is 1. The Labute approximate surface area is 126 Å². The van der Waals surface area contributed by atoms with Gasteiger partial charge in [0, 0.05) is 23.4 Å². The van der Waals surface area contributed by atoms with Crippen LogP contribution in [0.2, 0.25) is 0 Å². The lowest BCUT2D eigenvalue weighted by Gasteiger charge is -2.06. The van der Waals surface area contributed by atoms with Crippen molar-refractivity contribution in [2.24, 2.45) is 5.16 Å². The van der Waals surface area contributed by atoms with Crippen LogP contribution in [0.5, 0.6) is 0 Å². The minimum atomic E-state index is -0.522. The molecule has 2 N–H and O–H groups in total. The number of benzene rings is 2. The van der Waals surface area contributed by atoms with E-state index in [4.69, 9.17) is 5.21 Å². The van der Waals surface area contributed by atoms with Crippen LogP contribution in [0.3, 0.4) is 0 Å². The van der Waals surface area contributed by atoms with Gasteiger partial charge in [0.1, 0.15) is 0 Å². The maximum atomic E-state index is 12.0. The van der Waals surface area contributed by atoms with Crippen LogP contribution in [0.15, 0.2) is 53.7 Å². The molecule has 0 bridgehead atoms. The lowest BCUT2D eigenvalue weighted by molar-refractivity contribution is -0.384. The average molecular weight is 299 g/mol. The van der Waals surface area contributed by atoms with Gasteiger partial charge < -0.3 is 10.5 Å². The van der Waals surface area contributed by atoms with Crippen LogP contribution in [-0.4, -0.2) is 21.7 Å². The molecule has 0 saturated heterocycles. The molecule has 0 spiro atoms. The van der Waals surface area contributed by atoms with Crippen molar-refractivity contribution in [1.82, 2.24) is 0 Å². The molecule has 1 amide bonds. The molecule has 2 rings (SSSR count). The van der Waals surface area contributed by atoms with Crippen LogP contribution in [0.25, 0.3) is 0 Å². The summed E-state index contributed by atoms with van der Waals surface area (Å²) in [6.07, 6.45) is 0. The van der Waals surface area contributed by atoms with Crippen molar-refractivity contribution in [2.45, 2.75) is 6.92 Å². The van der Waals surface area contributed by atoms with Gasteiger partial charge in [0.05, 0.1) is 10.6 Å². The van der Waals surface area contributed by atoms with E-state index < -0.39 is 4.92 Å². The third kappa shape index (κ3) is 3.45. The lowest BCUT2D eigenvalue weighted by atomic mass is 10.1. The standard InChI is InChI=1S/C15H13N3O4/c1-10(17-20)11-2-6-13(7-3-11)16-15(19)12-4-8-14(9-5-12)18(21)22/h2-9,20H,1H3,(H,16,19)/b17-10+. The van der Waals surface area contributed by atoms with Crippen molar-refractivity contribution >= 4 is 23.0 Å². The van der Waals surface area contributed by atoms with E-state index in [0.29, 0.717) is 17.0 Å². The summed E-state index contributed by atoms with van der Waals surface area (Å²) in [4.78, 5) is 22.1. The number of nitro groups is 1. The number of hydrogen-bond acceptors (Lipinski definition) is 5. The first-order valence-electron chi connectivity index (χ1n) is 6.36. The number of hydrogen-bond donors (Lipinski definition) is 2. The molecule has 0 unspecified atom stereocenters. The van der Waals surface area contributed by atoms with Crippen LogP contribution >= 0.6 is 0 Å². The third-order valence-corrected chi connectivity index (χ3v) is 3.05. The van der Waals surface area contributed by atoms with Crippen molar-refractivity contribution in [3.8, 4) is 0 Å². The zero-order valence-electron chi connectivity index (χ0n) is 11.7. The molecule has 0 aromatic heterocycles. The van der Waals surface area contributed by atoms with Gasteiger partial charge in [-0.15, -0.1) is 0 Å². The number of nitrogens with zero attached hydrogens (tertiary/aromatic N) is 2. The van der Waals surface area contributed by atoms with E-state index in [1.165, 1.54) is 24.3 Å². The van der Waals surface area contributed by atoms with Crippen molar-refractivity contribution < 1.29 is 14.9 Å². The summed E-state index contributed by atoms with van der Waals surface area (Å²) in [6, 6.07) is 12.1. The van der Waals surface area contributed by atoms with Gasteiger partial charge >= 0.3 is 0 Å². The minimum Gasteiger partial charge on any atom is -0.411 e. The summed E-state index contributed by atoms with van der Waals surface area (Å²) in [7, 11) is 0. The summed E-state index contributed by atoms with van der Waals surface area (Å²) < 4.78 is 0. The Morgan fingerprint density at radius 2 is 1.64 bits per heavy atom. The van der Waals surface area contributed by atoms with Crippen molar-refractivity contribution in [3.63, 3.8) is 0 Å². The van der Waals surface area contributed by atoms with Crippen LogP contribution < -0.4 is 5.32 Å². The number of rotatable bonds is 4. The summed E-state index contributed by atoms with van der Waals surface area (Å²) in [5, 5.41) is 25.0. The predicted molar refractivity (Wildman–Crippen MR) is 81.5 cm³/mol. The molecule has 0 fully saturated rings. The second-order valence-corrected chi connectivity index (χ2v) is 4.52. The van der Waals surface area contributed by atoms with E-state index in [9.17, 15) is 14.9 Å². The Hall–Kier alpha value is -3.22. The first kappa shape index (κ1) is 15.2.